The summed E-state index contributed by atoms with van der Waals surface area (Å²) in [5.74, 6) is -0.240. The lowest BCUT2D eigenvalue weighted by Crippen LogP contribution is -2.13. The van der Waals surface area contributed by atoms with Crippen LogP contribution in [-0.2, 0) is 4.74 Å². The van der Waals surface area contributed by atoms with Crippen LogP contribution in [0.4, 0.5) is 5.69 Å². The summed E-state index contributed by atoms with van der Waals surface area (Å²) in [6.07, 6.45) is 4.64. The molecule has 0 aliphatic rings. The van der Waals surface area contributed by atoms with Gasteiger partial charge in [0, 0.05) is 18.0 Å². The molecule has 1 aromatic rings. The summed E-state index contributed by atoms with van der Waals surface area (Å²) < 4.78 is 10.4. The first-order valence-corrected chi connectivity index (χ1v) is 5.94. The van der Waals surface area contributed by atoms with Gasteiger partial charge in [-0.05, 0) is 20.8 Å². The molecule has 0 spiro atoms. The molecule has 0 atom stereocenters. The molecule has 0 aliphatic heterocycles. The molecule has 1 aromatic heterocycles. The molecule has 5 nitrogen and oxygen atoms in total. The molecule has 1 heterocycles. The summed E-state index contributed by atoms with van der Waals surface area (Å²) in [5, 5.41) is 0. The van der Waals surface area contributed by atoms with Gasteiger partial charge < -0.3 is 9.47 Å². The Hall–Kier alpha value is -2.17. The molecule has 102 valence electrons. The number of carbonyl (C=O) groups excluding carboxylic acids is 1. The van der Waals surface area contributed by atoms with Gasteiger partial charge in [0.2, 0.25) is 0 Å². The summed E-state index contributed by atoms with van der Waals surface area (Å²) in [6.45, 7) is 9.21. The third-order valence-corrected chi connectivity index (χ3v) is 2.25. The van der Waals surface area contributed by atoms with Crippen LogP contribution in [0.3, 0.4) is 0 Å². The van der Waals surface area contributed by atoms with Crippen LogP contribution in [0.15, 0.2) is 17.8 Å². The quantitative estimate of drug-likeness (QED) is 0.604. The lowest BCUT2D eigenvalue weighted by atomic mass is 10.1. The van der Waals surface area contributed by atoms with Crippen LogP contribution in [0.2, 0.25) is 0 Å². The Bertz CT molecular complexity index is 508. The number of nitrogens with zero attached hydrogens (tertiary/aromatic N) is 2. The smallest absolute Gasteiger partial charge is 0.360 e. The minimum atomic E-state index is -0.557. The van der Waals surface area contributed by atoms with Crippen molar-refractivity contribution >= 4 is 23.9 Å². The standard InChI is InChI=1S/C14H18N2O3/c1-6-10-8-16-12(14(17)18-5)13(19-9(3)4)11(10)15-7-2/h6-9H,1H2,2-5H3. The maximum atomic E-state index is 11.7. The normalized spacial score (nSPS) is 10.8. The van der Waals surface area contributed by atoms with E-state index in [9.17, 15) is 4.79 Å². The Labute approximate surface area is 113 Å². The van der Waals surface area contributed by atoms with Crippen molar-refractivity contribution in [3.63, 3.8) is 0 Å². The van der Waals surface area contributed by atoms with Crippen molar-refractivity contribution < 1.29 is 14.3 Å². The minimum Gasteiger partial charge on any atom is -0.486 e. The lowest BCUT2D eigenvalue weighted by molar-refractivity contribution is 0.0587. The average Bonchev–Trinajstić information content (AvgIpc) is 2.39. The van der Waals surface area contributed by atoms with E-state index in [0.717, 1.165) is 0 Å². The van der Waals surface area contributed by atoms with E-state index >= 15 is 0 Å². The fraction of sp³-hybridized carbons (Fsp3) is 0.357. The zero-order valence-electron chi connectivity index (χ0n) is 11.6. The third-order valence-electron chi connectivity index (χ3n) is 2.25. The largest absolute Gasteiger partial charge is 0.486 e. The van der Waals surface area contributed by atoms with Crippen molar-refractivity contribution in [2.75, 3.05) is 7.11 Å². The maximum Gasteiger partial charge on any atom is 0.360 e. The van der Waals surface area contributed by atoms with Crippen LogP contribution >= 0.6 is 0 Å². The second kappa shape index (κ2) is 6.68. The predicted molar refractivity (Wildman–Crippen MR) is 75.3 cm³/mol. The van der Waals surface area contributed by atoms with E-state index in [0.29, 0.717) is 17.0 Å². The number of ether oxygens (including phenoxy) is 2. The number of methoxy groups -OCH3 is 1. The van der Waals surface area contributed by atoms with Gasteiger partial charge in [-0.2, -0.15) is 0 Å². The van der Waals surface area contributed by atoms with E-state index in [2.05, 4.69) is 16.6 Å². The Balaban J connectivity index is 3.52. The SMILES string of the molecule is C=Cc1cnc(C(=O)OC)c(OC(C)C)c1N=CC. The molecule has 0 saturated carbocycles. The lowest BCUT2D eigenvalue weighted by Gasteiger charge is -2.16. The van der Waals surface area contributed by atoms with E-state index in [-0.39, 0.29) is 11.8 Å². The van der Waals surface area contributed by atoms with Crippen molar-refractivity contribution in [3.05, 3.63) is 24.0 Å². The van der Waals surface area contributed by atoms with Crippen LogP contribution in [0.25, 0.3) is 6.08 Å². The molecule has 0 N–H and O–H groups in total. The number of hydrogen-bond acceptors (Lipinski definition) is 5. The fourth-order valence-corrected chi connectivity index (χ4v) is 1.50. The highest BCUT2D eigenvalue weighted by Crippen LogP contribution is 2.35. The Morgan fingerprint density at radius 1 is 1.53 bits per heavy atom. The monoisotopic (exact) mass is 262 g/mol. The second-order valence-corrected chi connectivity index (χ2v) is 3.99. The molecule has 0 aliphatic carbocycles. The zero-order chi connectivity index (χ0) is 14.4. The first-order chi connectivity index (χ1) is 9.04. The first-order valence-electron chi connectivity index (χ1n) is 5.94. The highest BCUT2D eigenvalue weighted by atomic mass is 16.5. The molecule has 0 unspecified atom stereocenters. The van der Waals surface area contributed by atoms with E-state index in [4.69, 9.17) is 9.47 Å². The van der Waals surface area contributed by atoms with Crippen molar-refractivity contribution in [1.29, 1.82) is 0 Å². The van der Waals surface area contributed by atoms with Gasteiger partial charge >= 0.3 is 5.97 Å². The molecule has 0 saturated heterocycles. The highest BCUT2D eigenvalue weighted by molar-refractivity contribution is 5.93. The van der Waals surface area contributed by atoms with Crippen LogP contribution < -0.4 is 4.74 Å². The fourth-order valence-electron chi connectivity index (χ4n) is 1.50. The summed E-state index contributed by atoms with van der Waals surface area (Å²) >= 11 is 0. The van der Waals surface area contributed by atoms with Crippen molar-refractivity contribution in [2.45, 2.75) is 26.9 Å². The van der Waals surface area contributed by atoms with Gasteiger partial charge in [0.25, 0.3) is 0 Å². The highest BCUT2D eigenvalue weighted by Gasteiger charge is 2.21. The summed E-state index contributed by atoms with van der Waals surface area (Å²) in [6, 6.07) is 0. The molecule has 5 heteroatoms. The first kappa shape index (κ1) is 14.9. The van der Waals surface area contributed by atoms with E-state index in [1.807, 2.05) is 13.8 Å². The number of esters is 1. The minimum absolute atomic E-state index is 0.113. The van der Waals surface area contributed by atoms with Crippen LogP contribution in [0.1, 0.15) is 36.8 Å². The molecule has 19 heavy (non-hydrogen) atoms. The van der Waals surface area contributed by atoms with E-state index in [1.165, 1.54) is 13.3 Å². The zero-order valence-corrected chi connectivity index (χ0v) is 11.6. The summed E-state index contributed by atoms with van der Waals surface area (Å²) in [5.41, 5.74) is 1.34. The Morgan fingerprint density at radius 3 is 2.68 bits per heavy atom. The van der Waals surface area contributed by atoms with Gasteiger partial charge in [-0.3, -0.25) is 4.99 Å². The third kappa shape index (κ3) is 3.40. The average molecular weight is 262 g/mol. The molecule has 0 aromatic carbocycles. The van der Waals surface area contributed by atoms with Crippen molar-refractivity contribution in [1.82, 2.24) is 4.98 Å². The number of carbonyl (C=O) groups is 1. The molecule has 0 radical (unpaired) electrons. The summed E-state index contributed by atoms with van der Waals surface area (Å²) in [7, 11) is 1.30. The van der Waals surface area contributed by atoms with Gasteiger partial charge in [-0.1, -0.05) is 12.7 Å². The molecule has 1 rings (SSSR count). The van der Waals surface area contributed by atoms with Gasteiger partial charge in [-0.25, -0.2) is 9.78 Å². The van der Waals surface area contributed by atoms with Gasteiger partial charge in [-0.15, -0.1) is 0 Å². The summed E-state index contributed by atoms with van der Waals surface area (Å²) in [4.78, 5) is 20.0. The molecule has 0 amide bonds. The Morgan fingerprint density at radius 2 is 2.21 bits per heavy atom. The molecular weight excluding hydrogens is 244 g/mol. The number of hydrogen-bond donors (Lipinski definition) is 0. The Kier molecular flexibility index (Phi) is 5.23. The number of rotatable bonds is 5. The van der Waals surface area contributed by atoms with Gasteiger partial charge in [0.15, 0.2) is 11.4 Å². The van der Waals surface area contributed by atoms with Crippen molar-refractivity contribution in [2.24, 2.45) is 4.99 Å². The molecule has 0 bridgehead atoms. The van der Waals surface area contributed by atoms with E-state index < -0.39 is 5.97 Å². The van der Waals surface area contributed by atoms with Gasteiger partial charge in [0.05, 0.1) is 13.2 Å². The van der Waals surface area contributed by atoms with Crippen LogP contribution in [-0.4, -0.2) is 30.4 Å². The number of pyridine rings is 1. The topological polar surface area (TPSA) is 60.8 Å². The maximum absolute atomic E-state index is 11.7. The number of aromatic nitrogens is 1. The molecule has 0 fully saturated rings. The predicted octanol–water partition coefficient (Wildman–Crippen LogP) is 3.02. The van der Waals surface area contributed by atoms with Crippen LogP contribution in [0, 0.1) is 0 Å². The second-order valence-electron chi connectivity index (χ2n) is 3.99. The number of aliphatic imine (C=N–C) groups is 1. The van der Waals surface area contributed by atoms with Crippen LogP contribution in [0.5, 0.6) is 5.75 Å². The van der Waals surface area contributed by atoms with Gasteiger partial charge in [0.1, 0.15) is 5.69 Å². The van der Waals surface area contributed by atoms with E-state index in [1.54, 1.807) is 19.2 Å². The van der Waals surface area contributed by atoms with Crippen molar-refractivity contribution in [3.8, 4) is 5.75 Å². The molecular formula is C14H18N2O3.